The Morgan fingerprint density at radius 2 is 2.05 bits per heavy atom. The van der Waals surface area contributed by atoms with Gasteiger partial charge in [-0.25, -0.2) is 13.1 Å². The Balaban J connectivity index is 2.54. The van der Waals surface area contributed by atoms with Crippen LogP contribution >= 0.6 is 11.6 Å². The van der Waals surface area contributed by atoms with Gasteiger partial charge in [0.05, 0.1) is 5.69 Å². The van der Waals surface area contributed by atoms with Gasteiger partial charge in [-0.2, -0.15) is 0 Å². The molecule has 0 radical (unpaired) electrons. The van der Waals surface area contributed by atoms with Gasteiger partial charge in [0.1, 0.15) is 4.90 Å². The summed E-state index contributed by atoms with van der Waals surface area (Å²) in [6.07, 6.45) is 2.57. The Labute approximate surface area is 119 Å². The number of unbranched alkanes of at least 4 members (excludes halogenated alkanes) is 2. The minimum Gasteiger partial charge on any atom is -0.398 e. The Morgan fingerprint density at radius 1 is 1.32 bits per heavy atom. The summed E-state index contributed by atoms with van der Waals surface area (Å²) in [6, 6.07) is 4.39. The average Bonchev–Trinajstić information content (AvgIpc) is 2.36. The highest BCUT2D eigenvalue weighted by atomic mass is 35.5. The van der Waals surface area contributed by atoms with Gasteiger partial charge < -0.3 is 10.5 Å². The number of methoxy groups -OCH3 is 1. The molecule has 0 unspecified atom stereocenters. The Kier molecular flexibility index (Phi) is 6.57. The van der Waals surface area contributed by atoms with E-state index in [4.69, 9.17) is 22.1 Å². The molecule has 0 aromatic heterocycles. The predicted octanol–water partition coefficient (Wildman–Crippen LogP) is 2.02. The van der Waals surface area contributed by atoms with E-state index in [9.17, 15) is 8.42 Å². The predicted molar refractivity (Wildman–Crippen MR) is 76.8 cm³/mol. The maximum atomic E-state index is 12.0. The number of nitrogens with one attached hydrogen (secondary N) is 1. The van der Waals surface area contributed by atoms with Crippen LogP contribution in [0.3, 0.4) is 0 Å². The van der Waals surface area contributed by atoms with Gasteiger partial charge in [-0.05, 0) is 37.5 Å². The lowest BCUT2D eigenvalue weighted by atomic mass is 10.2. The standard InChI is InChI=1S/C12H19ClN2O3S/c1-18-8-4-2-3-7-15-19(16,17)12-9-10(13)5-6-11(12)14/h5-6,9,15H,2-4,7-8,14H2,1H3. The molecule has 0 fully saturated rings. The van der Waals surface area contributed by atoms with Gasteiger partial charge in [-0.3, -0.25) is 0 Å². The van der Waals surface area contributed by atoms with Crippen molar-refractivity contribution in [2.24, 2.45) is 0 Å². The quantitative estimate of drug-likeness (QED) is 0.568. The van der Waals surface area contributed by atoms with Crippen LogP contribution in [-0.4, -0.2) is 28.7 Å². The maximum Gasteiger partial charge on any atom is 0.242 e. The van der Waals surface area contributed by atoms with E-state index in [1.54, 1.807) is 13.2 Å². The van der Waals surface area contributed by atoms with E-state index in [0.717, 1.165) is 19.3 Å². The van der Waals surface area contributed by atoms with E-state index in [1.807, 2.05) is 0 Å². The van der Waals surface area contributed by atoms with Crippen LogP contribution in [0.25, 0.3) is 0 Å². The highest BCUT2D eigenvalue weighted by Gasteiger charge is 2.17. The van der Waals surface area contributed by atoms with Gasteiger partial charge in [0.2, 0.25) is 10.0 Å². The van der Waals surface area contributed by atoms with Gasteiger partial charge in [0, 0.05) is 25.3 Å². The Hall–Kier alpha value is -0.820. The highest BCUT2D eigenvalue weighted by Crippen LogP contribution is 2.22. The smallest absolute Gasteiger partial charge is 0.242 e. The molecule has 0 spiro atoms. The molecule has 0 aliphatic heterocycles. The zero-order valence-electron chi connectivity index (χ0n) is 10.9. The fourth-order valence-electron chi connectivity index (χ4n) is 1.57. The summed E-state index contributed by atoms with van der Waals surface area (Å²) in [4.78, 5) is 0.0249. The molecule has 0 saturated carbocycles. The summed E-state index contributed by atoms with van der Waals surface area (Å²) >= 11 is 5.78. The van der Waals surface area contributed by atoms with Crippen molar-refractivity contribution in [3.63, 3.8) is 0 Å². The van der Waals surface area contributed by atoms with Crippen LogP contribution in [0.15, 0.2) is 23.1 Å². The molecule has 5 nitrogen and oxygen atoms in total. The first-order valence-corrected chi connectivity index (χ1v) is 7.87. The third-order valence-electron chi connectivity index (χ3n) is 2.58. The van der Waals surface area contributed by atoms with E-state index in [2.05, 4.69) is 4.72 Å². The van der Waals surface area contributed by atoms with Crippen molar-refractivity contribution in [3.05, 3.63) is 23.2 Å². The summed E-state index contributed by atoms with van der Waals surface area (Å²) in [5.74, 6) is 0. The molecule has 0 bridgehead atoms. The number of hydrogen-bond donors (Lipinski definition) is 2. The lowest BCUT2D eigenvalue weighted by Gasteiger charge is -2.09. The summed E-state index contributed by atoms with van der Waals surface area (Å²) in [7, 11) is -1.95. The number of halogens is 1. The van der Waals surface area contributed by atoms with E-state index in [0.29, 0.717) is 18.2 Å². The van der Waals surface area contributed by atoms with Crippen LogP contribution in [0.5, 0.6) is 0 Å². The van der Waals surface area contributed by atoms with Crippen molar-refractivity contribution in [1.82, 2.24) is 4.72 Å². The average molecular weight is 307 g/mol. The molecule has 108 valence electrons. The lowest BCUT2D eigenvalue weighted by molar-refractivity contribution is 0.192. The van der Waals surface area contributed by atoms with Gasteiger partial charge in [-0.1, -0.05) is 11.6 Å². The summed E-state index contributed by atoms with van der Waals surface area (Å²) in [6.45, 7) is 1.06. The fourth-order valence-corrected chi connectivity index (χ4v) is 3.04. The molecular formula is C12H19ClN2O3S. The second kappa shape index (κ2) is 7.69. The molecule has 0 atom stereocenters. The van der Waals surface area contributed by atoms with Crippen LogP contribution in [-0.2, 0) is 14.8 Å². The molecule has 0 heterocycles. The van der Waals surface area contributed by atoms with Crippen molar-refractivity contribution in [2.75, 3.05) is 26.0 Å². The SMILES string of the molecule is COCCCCCNS(=O)(=O)c1cc(Cl)ccc1N. The van der Waals surface area contributed by atoms with Gasteiger partial charge in [0.15, 0.2) is 0 Å². The fraction of sp³-hybridized carbons (Fsp3) is 0.500. The molecule has 1 aromatic carbocycles. The molecule has 0 aliphatic rings. The molecule has 3 N–H and O–H groups in total. The number of nitrogen functional groups attached to an aromatic ring is 1. The monoisotopic (exact) mass is 306 g/mol. The summed E-state index contributed by atoms with van der Waals surface area (Å²) in [5, 5.41) is 0.342. The zero-order valence-corrected chi connectivity index (χ0v) is 12.4. The van der Waals surface area contributed by atoms with Crippen molar-refractivity contribution in [3.8, 4) is 0 Å². The molecule has 19 heavy (non-hydrogen) atoms. The number of benzene rings is 1. The molecule has 0 amide bonds. The minimum absolute atomic E-state index is 0.0249. The van der Waals surface area contributed by atoms with Crippen LogP contribution in [0.2, 0.25) is 5.02 Å². The molecular weight excluding hydrogens is 288 g/mol. The number of rotatable bonds is 8. The number of anilines is 1. The lowest BCUT2D eigenvalue weighted by Crippen LogP contribution is -2.25. The molecule has 0 saturated heterocycles. The number of nitrogens with two attached hydrogens (primary N) is 1. The second-order valence-electron chi connectivity index (χ2n) is 4.13. The van der Waals surface area contributed by atoms with E-state index < -0.39 is 10.0 Å². The van der Waals surface area contributed by atoms with Gasteiger partial charge in [-0.15, -0.1) is 0 Å². The minimum atomic E-state index is -3.60. The van der Waals surface area contributed by atoms with Crippen LogP contribution < -0.4 is 10.5 Å². The van der Waals surface area contributed by atoms with Crippen LogP contribution in [0.4, 0.5) is 5.69 Å². The zero-order chi connectivity index (χ0) is 14.3. The molecule has 1 rings (SSSR count). The third-order valence-corrected chi connectivity index (χ3v) is 4.33. The topological polar surface area (TPSA) is 81.4 Å². The Bertz CT molecular complexity index is 506. The second-order valence-corrected chi connectivity index (χ2v) is 6.31. The van der Waals surface area contributed by atoms with Crippen molar-refractivity contribution < 1.29 is 13.2 Å². The van der Waals surface area contributed by atoms with Crippen molar-refractivity contribution >= 4 is 27.3 Å². The van der Waals surface area contributed by atoms with Crippen molar-refractivity contribution in [1.29, 1.82) is 0 Å². The summed E-state index contributed by atoms with van der Waals surface area (Å²) in [5.41, 5.74) is 5.84. The first-order chi connectivity index (χ1) is 8.97. The molecule has 7 heteroatoms. The third kappa shape index (κ3) is 5.36. The summed E-state index contributed by atoms with van der Waals surface area (Å²) < 4.78 is 31.5. The van der Waals surface area contributed by atoms with Crippen LogP contribution in [0, 0.1) is 0 Å². The number of ether oxygens (including phenoxy) is 1. The maximum absolute atomic E-state index is 12.0. The van der Waals surface area contributed by atoms with E-state index >= 15 is 0 Å². The molecule has 0 aliphatic carbocycles. The largest absolute Gasteiger partial charge is 0.398 e. The van der Waals surface area contributed by atoms with Gasteiger partial charge >= 0.3 is 0 Å². The van der Waals surface area contributed by atoms with E-state index in [-0.39, 0.29) is 10.6 Å². The highest BCUT2D eigenvalue weighted by molar-refractivity contribution is 7.89. The molecule has 1 aromatic rings. The number of sulfonamides is 1. The first-order valence-electron chi connectivity index (χ1n) is 6.01. The van der Waals surface area contributed by atoms with Gasteiger partial charge in [0.25, 0.3) is 0 Å². The first kappa shape index (κ1) is 16.2. The van der Waals surface area contributed by atoms with Crippen LogP contribution in [0.1, 0.15) is 19.3 Å². The Morgan fingerprint density at radius 3 is 2.74 bits per heavy atom. The normalized spacial score (nSPS) is 11.7. The number of hydrogen-bond acceptors (Lipinski definition) is 4. The van der Waals surface area contributed by atoms with E-state index in [1.165, 1.54) is 12.1 Å². The van der Waals surface area contributed by atoms with Crippen molar-refractivity contribution in [2.45, 2.75) is 24.2 Å².